The number of aryl methyl sites for hydroxylation is 1. The van der Waals surface area contributed by atoms with Crippen molar-refractivity contribution >= 4 is 11.9 Å². The van der Waals surface area contributed by atoms with Crippen molar-refractivity contribution in [3.8, 4) is 0 Å². The van der Waals surface area contributed by atoms with Crippen LogP contribution in [0, 0.1) is 6.92 Å². The quantitative estimate of drug-likeness (QED) is 0.896. The summed E-state index contributed by atoms with van der Waals surface area (Å²) in [6.07, 6.45) is 6.46. The molecule has 1 N–H and O–H groups in total. The number of carbonyl (C=O) groups excluding carboxylic acids is 1. The maximum atomic E-state index is 13.0. The van der Waals surface area contributed by atoms with Gasteiger partial charge in [0.2, 0.25) is 0 Å². The first-order valence-electron chi connectivity index (χ1n) is 8.70. The largest absolute Gasteiger partial charge is 0.478 e. The average Bonchev–Trinajstić information content (AvgIpc) is 3.25. The van der Waals surface area contributed by atoms with Gasteiger partial charge in [-0.2, -0.15) is 0 Å². The molecule has 0 bridgehead atoms. The van der Waals surface area contributed by atoms with Crippen LogP contribution in [-0.4, -0.2) is 52.2 Å². The Kier molecular flexibility index (Phi) is 5.14. The van der Waals surface area contributed by atoms with Crippen LogP contribution in [0.4, 0.5) is 0 Å². The Bertz CT molecular complexity index is 619. The van der Waals surface area contributed by atoms with Gasteiger partial charge < -0.3 is 14.7 Å². The number of hydrogen-bond acceptors (Lipinski definition) is 4. The SMILES string of the molecule is Cc1nc(C(=O)N(CC2CCCO2)C2CCCC2)ccc1C(=O)O. The summed E-state index contributed by atoms with van der Waals surface area (Å²) in [6.45, 7) is 2.99. The summed E-state index contributed by atoms with van der Waals surface area (Å²) in [5, 5.41) is 9.11. The van der Waals surface area contributed by atoms with E-state index in [1.54, 1.807) is 6.92 Å². The van der Waals surface area contributed by atoms with E-state index in [-0.39, 0.29) is 23.6 Å². The molecule has 1 saturated heterocycles. The van der Waals surface area contributed by atoms with Crippen molar-refractivity contribution in [1.82, 2.24) is 9.88 Å². The maximum Gasteiger partial charge on any atom is 0.337 e. The van der Waals surface area contributed by atoms with E-state index in [1.165, 1.54) is 12.1 Å². The molecule has 1 saturated carbocycles. The van der Waals surface area contributed by atoms with Crippen LogP contribution < -0.4 is 0 Å². The second kappa shape index (κ2) is 7.30. The van der Waals surface area contributed by atoms with Crippen LogP contribution in [0.3, 0.4) is 0 Å². The smallest absolute Gasteiger partial charge is 0.337 e. The molecule has 1 atom stereocenters. The van der Waals surface area contributed by atoms with E-state index < -0.39 is 5.97 Å². The number of nitrogens with zero attached hydrogens (tertiary/aromatic N) is 2. The van der Waals surface area contributed by atoms with Gasteiger partial charge >= 0.3 is 5.97 Å². The number of carbonyl (C=O) groups is 2. The molecule has 0 spiro atoms. The molecule has 1 aromatic rings. The van der Waals surface area contributed by atoms with Crippen LogP contribution in [0.25, 0.3) is 0 Å². The molecule has 130 valence electrons. The van der Waals surface area contributed by atoms with Gasteiger partial charge in [0.05, 0.1) is 17.4 Å². The summed E-state index contributed by atoms with van der Waals surface area (Å²) in [7, 11) is 0. The Balaban J connectivity index is 1.81. The Hall–Kier alpha value is -1.95. The summed E-state index contributed by atoms with van der Waals surface area (Å²) in [6, 6.07) is 3.23. The first kappa shape index (κ1) is 16.9. The number of amides is 1. The van der Waals surface area contributed by atoms with Crippen LogP contribution in [-0.2, 0) is 4.74 Å². The molecule has 2 fully saturated rings. The molecule has 6 heteroatoms. The van der Waals surface area contributed by atoms with E-state index in [2.05, 4.69) is 4.98 Å². The molecule has 6 nitrogen and oxygen atoms in total. The molecular weight excluding hydrogens is 308 g/mol. The number of rotatable bonds is 5. The van der Waals surface area contributed by atoms with Crippen molar-refractivity contribution in [3.05, 3.63) is 29.1 Å². The normalized spacial score (nSPS) is 21.1. The minimum Gasteiger partial charge on any atom is -0.478 e. The second-order valence-electron chi connectivity index (χ2n) is 6.67. The van der Waals surface area contributed by atoms with Gasteiger partial charge in [-0.05, 0) is 44.7 Å². The first-order chi connectivity index (χ1) is 11.6. The van der Waals surface area contributed by atoms with E-state index in [0.29, 0.717) is 17.9 Å². The molecule has 1 unspecified atom stereocenters. The lowest BCUT2D eigenvalue weighted by molar-refractivity contribution is 0.0416. The molecule has 3 rings (SSSR count). The Morgan fingerprint density at radius 1 is 1.25 bits per heavy atom. The van der Waals surface area contributed by atoms with Gasteiger partial charge in [0.1, 0.15) is 5.69 Å². The molecule has 2 heterocycles. The number of aromatic carboxylic acids is 1. The summed E-state index contributed by atoms with van der Waals surface area (Å²) in [4.78, 5) is 30.3. The van der Waals surface area contributed by atoms with Gasteiger partial charge in [0.15, 0.2) is 0 Å². The van der Waals surface area contributed by atoms with Crippen molar-refractivity contribution in [3.63, 3.8) is 0 Å². The van der Waals surface area contributed by atoms with E-state index >= 15 is 0 Å². The van der Waals surface area contributed by atoms with Gasteiger partial charge in [-0.3, -0.25) is 4.79 Å². The second-order valence-corrected chi connectivity index (χ2v) is 6.67. The van der Waals surface area contributed by atoms with E-state index in [4.69, 9.17) is 9.84 Å². The zero-order chi connectivity index (χ0) is 17.1. The molecule has 2 aliphatic rings. The third-order valence-electron chi connectivity index (χ3n) is 4.99. The molecule has 1 amide bonds. The van der Waals surface area contributed by atoms with Crippen LogP contribution in [0.2, 0.25) is 0 Å². The standard InChI is InChI=1S/C18H24N2O4/c1-12-15(18(22)23)8-9-16(19-12)17(21)20(13-5-2-3-6-13)11-14-7-4-10-24-14/h8-9,13-14H,2-7,10-11H2,1H3,(H,22,23). The minimum absolute atomic E-state index is 0.105. The lowest BCUT2D eigenvalue weighted by Gasteiger charge is -2.31. The number of hydrogen-bond donors (Lipinski definition) is 1. The fourth-order valence-corrected chi connectivity index (χ4v) is 3.67. The van der Waals surface area contributed by atoms with Crippen molar-refractivity contribution in [2.75, 3.05) is 13.2 Å². The van der Waals surface area contributed by atoms with E-state index in [9.17, 15) is 9.59 Å². The van der Waals surface area contributed by atoms with E-state index in [0.717, 1.165) is 45.1 Å². The lowest BCUT2D eigenvalue weighted by atomic mass is 10.1. The first-order valence-corrected chi connectivity index (χ1v) is 8.70. The highest BCUT2D eigenvalue weighted by molar-refractivity contribution is 5.94. The molecule has 0 aromatic carbocycles. The summed E-state index contributed by atoms with van der Waals surface area (Å²) in [5.74, 6) is -1.14. The van der Waals surface area contributed by atoms with Crippen molar-refractivity contribution in [2.45, 2.75) is 57.6 Å². The molecule has 1 aromatic heterocycles. The van der Waals surface area contributed by atoms with Crippen LogP contribution in [0.15, 0.2) is 12.1 Å². The Labute approximate surface area is 141 Å². The molecular formula is C18H24N2O4. The maximum absolute atomic E-state index is 13.0. The monoisotopic (exact) mass is 332 g/mol. The molecule has 1 aliphatic heterocycles. The molecule has 1 aliphatic carbocycles. The van der Waals surface area contributed by atoms with Crippen LogP contribution in [0.1, 0.15) is 65.1 Å². The van der Waals surface area contributed by atoms with E-state index in [1.807, 2.05) is 4.90 Å². The predicted molar refractivity (Wildman–Crippen MR) is 88.2 cm³/mol. The average molecular weight is 332 g/mol. The molecule has 24 heavy (non-hydrogen) atoms. The highest BCUT2D eigenvalue weighted by Crippen LogP contribution is 2.26. The van der Waals surface area contributed by atoms with Gasteiger partial charge in [0.25, 0.3) is 5.91 Å². The minimum atomic E-state index is -1.02. The zero-order valence-corrected chi connectivity index (χ0v) is 14.0. The fourth-order valence-electron chi connectivity index (χ4n) is 3.67. The highest BCUT2D eigenvalue weighted by Gasteiger charge is 2.31. The summed E-state index contributed by atoms with van der Waals surface area (Å²) < 4.78 is 5.71. The van der Waals surface area contributed by atoms with Gasteiger partial charge in [-0.1, -0.05) is 12.8 Å². The number of carboxylic acid groups (broad SMARTS) is 1. The van der Waals surface area contributed by atoms with Gasteiger partial charge in [-0.25, -0.2) is 9.78 Å². The fraction of sp³-hybridized carbons (Fsp3) is 0.611. The third-order valence-corrected chi connectivity index (χ3v) is 4.99. The van der Waals surface area contributed by atoms with Crippen molar-refractivity contribution in [2.24, 2.45) is 0 Å². The number of ether oxygens (including phenoxy) is 1. The van der Waals surface area contributed by atoms with Crippen molar-refractivity contribution < 1.29 is 19.4 Å². The predicted octanol–water partition coefficient (Wildman–Crippen LogP) is 2.65. The summed E-state index contributed by atoms with van der Waals surface area (Å²) in [5.41, 5.74) is 0.831. The Morgan fingerprint density at radius 3 is 2.58 bits per heavy atom. The third kappa shape index (κ3) is 3.59. The highest BCUT2D eigenvalue weighted by atomic mass is 16.5. The number of aromatic nitrogens is 1. The van der Waals surface area contributed by atoms with Gasteiger partial charge in [-0.15, -0.1) is 0 Å². The molecule has 0 radical (unpaired) electrons. The lowest BCUT2D eigenvalue weighted by Crippen LogP contribution is -2.43. The summed E-state index contributed by atoms with van der Waals surface area (Å²) >= 11 is 0. The number of carboxylic acids is 1. The van der Waals surface area contributed by atoms with Gasteiger partial charge in [0, 0.05) is 19.2 Å². The van der Waals surface area contributed by atoms with Crippen molar-refractivity contribution in [1.29, 1.82) is 0 Å². The zero-order valence-electron chi connectivity index (χ0n) is 14.0. The number of pyridine rings is 1. The topological polar surface area (TPSA) is 79.7 Å². The van der Waals surface area contributed by atoms with Crippen LogP contribution >= 0.6 is 0 Å². The van der Waals surface area contributed by atoms with Crippen LogP contribution in [0.5, 0.6) is 0 Å². The Morgan fingerprint density at radius 2 is 2.00 bits per heavy atom.